The Hall–Kier alpha value is -0.180. The zero-order valence-electron chi connectivity index (χ0n) is 6.19. The SMILES string of the molecule is CC(C)(C=O)C(=O)CCBr. The van der Waals surface area contributed by atoms with E-state index in [9.17, 15) is 9.59 Å². The van der Waals surface area contributed by atoms with E-state index in [0.29, 0.717) is 18.0 Å². The lowest BCUT2D eigenvalue weighted by atomic mass is 9.89. The summed E-state index contributed by atoms with van der Waals surface area (Å²) in [7, 11) is 0. The van der Waals surface area contributed by atoms with E-state index in [1.807, 2.05) is 0 Å². The third kappa shape index (κ3) is 2.60. The Morgan fingerprint density at radius 3 is 2.40 bits per heavy atom. The van der Waals surface area contributed by atoms with Gasteiger partial charge in [-0.1, -0.05) is 15.9 Å². The Kier molecular flexibility index (Phi) is 3.79. The molecule has 0 aromatic carbocycles. The Labute approximate surface area is 69.1 Å². The molecule has 0 aliphatic rings. The molecule has 58 valence electrons. The summed E-state index contributed by atoms with van der Waals surface area (Å²) < 4.78 is 0. The fraction of sp³-hybridized carbons (Fsp3) is 0.714. The first-order valence-corrected chi connectivity index (χ1v) is 4.22. The molecule has 0 spiro atoms. The molecule has 0 aromatic rings. The van der Waals surface area contributed by atoms with Crippen LogP contribution in [0.25, 0.3) is 0 Å². The van der Waals surface area contributed by atoms with Gasteiger partial charge in [0.2, 0.25) is 0 Å². The van der Waals surface area contributed by atoms with Crippen molar-refractivity contribution in [2.75, 3.05) is 5.33 Å². The molecule has 3 heteroatoms. The second kappa shape index (κ2) is 3.86. The van der Waals surface area contributed by atoms with E-state index in [4.69, 9.17) is 0 Å². The zero-order chi connectivity index (χ0) is 8.20. The number of alkyl halides is 1. The maximum Gasteiger partial charge on any atom is 0.146 e. The second-order valence-corrected chi connectivity index (χ2v) is 3.49. The maximum absolute atomic E-state index is 11.0. The summed E-state index contributed by atoms with van der Waals surface area (Å²) >= 11 is 3.13. The summed E-state index contributed by atoms with van der Waals surface area (Å²) in [4.78, 5) is 21.3. The minimum atomic E-state index is -0.798. The number of carbonyl (C=O) groups excluding carboxylic acids is 2. The molecule has 0 radical (unpaired) electrons. The van der Waals surface area contributed by atoms with E-state index < -0.39 is 5.41 Å². The lowest BCUT2D eigenvalue weighted by molar-refractivity contribution is -0.132. The first-order valence-electron chi connectivity index (χ1n) is 3.10. The van der Waals surface area contributed by atoms with Crippen molar-refractivity contribution in [1.29, 1.82) is 0 Å². The van der Waals surface area contributed by atoms with Gasteiger partial charge in [0.1, 0.15) is 12.1 Å². The van der Waals surface area contributed by atoms with Crippen LogP contribution in [0.2, 0.25) is 0 Å². The predicted molar refractivity (Wildman–Crippen MR) is 43.3 cm³/mol. The summed E-state index contributed by atoms with van der Waals surface area (Å²) in [5.41, 5.74) is -0.798. The highest BCUT2D eigenvalue weighted by Gasteiger charge is 2.25. The van der Waals surface area contributed by atoms with Gasteiger partial charge in [-0.25, -0.2) is 0 Å². The topological polar surface area (TPSA) is 34.1 Å². The van der Waals surface area contributed by atoms with E-state index in [0.717, 1.165) is 0 Å². The molecule has 0 saturated carbocycles. The van der Waals surface area contributed by atoms with Crippen LogP contribution >= 0.6 is 15.9 Å². The predicted octanol–water partition coefficient (Wildman–Crippen LogP) is 1.57. The Bertz CT molecular complexity index is 141. The molecule has 0 unspecified atom stereocenters. The van der Waals surface area contributed by atoms with Gasteiger partial charge in [0, 0.05) is 11.8 Å². The summed E-state index contributed by atoms with van der Waals surface area (Å²) in [5, 5.41) is 0.628. The summed E-state index contributed by atoms with van der Waals surface area (Å²) in [6.07, 6.45) is 1.11. The monoisotopic (exact) mass is 206 g/mol. The number of hydrogen-bond acceptors (Lipinski definition) is 2. The Morgan fingerprint density at radius 1 is 1.60 bits per heavy atom. The quantitative estimate of drug-likeness (QED) is 0.398. The van der Waals surface area contributed by atoms with Gasteiger partial charge < -0.3 is 4.79 Å². The molecule has 0 heterocycles. The van der Waals surface area contributed by atoms with Crippen LogP contribution in [0.4, 0.5) is 0 Å². The summed E-state index contributed by atoms with van der Waals surface area (Å²) in [6, 6.07) is 0. The molecule has 0 bridgehead atoms. The molecule has 0 rings (SSSR count). The van der Waals surface area contributed by atoms with Crippen molar-refractivity contribution in [2.24, 2.45) is 5.41 Å². The molecule has 0 fully saturated rings. The molecule has 0 atom stereocenters. The van der Waals surface area contributed by atoms with Gasteiger partial charge in [0.25, 0.3) is 0 Å². The van der Waals surface area contributed by atoms with E-state index in [2.05, 4.69) is 15.9 Å². The van der Waals surface area contributed by atoms with Gasteiger partial charge in [-0.15, -0.1) is 0 Å². The lowest BCUT2D eigenvalue weighted by Crippen LogP contribution is -2.25. The van der Waals surface area contributed by atoms with Gasteiger partial charge in [-0.05, 0) is 13.8 Å². The van der Waals surface area contributed by atoms with Crippen LogP contribution in [0.15, 0.2) is 0 Å². The molecule has 2 nitrogen and oxygen atoms in total. The van der Waals surface area contributed by atoms with Gasteiger partial charge in [0.05, 0.1) is 5.41 Å². The molecule has 0 aliphatic heterocycles. The first-order chi connectivity index (χ1) is 4.54. The molecule has 10 heavy (non-hydrogen) atoms. The second-order valence-electron chi connectivity index (χ2n) is 2.70. The van der Waals surface area contributed by atoms with Crippen LogP contribution < -0.4 is 0 Å². The molecule has 0 N–H and O–H groups in total. The van der Waals surface area contributed by atoms with Gasteiger partial charge in [-0.2, -0.15) is 0 Å². The van der Waals surface area contributed by atoms with Crippen molar-refractivity contribution in [1.82, 2.24) is 0 Å². The van der Waals surface area contributed by atoms with Gasteiger partial charge in [0.15, 0.2) is 0 Å². The van der Waals surface area contributed by atoms with Gasteiger partial charge in [-0.3, -0.25) is 4.79 Å². The zero-order valence-corrected chi connectivity index (χ0v) is 7.77. The van der Waals surface area contributed by atoms with Crippen molar-refractivity contribution in [2.45, 2.75) is 20.3 Å². The van der Waals surface area contributed by atoms with Crippen molar-refractivity contribution in [3.05, 3.63) is 0 Å². The highest BCUT2D eigenvalue weighted by atomic mass is 79.9. The fourth-order valence-corrected chi connectivity index (χ4v) is 0.834. The Balaban J connectivity index is 4.04. The van der Waals surface area contributed by atoms with Crippen LogP contribution in [0.1, 0.15) is 20.3 Å². The third-order valence-corrected chi connectivity index (χ3v) is 1.73. The van der Waals surface area contributed by atoms with Crippen molar-refractivity contribution in [3.63, 3.8) is 0 Å². The van der Waals surface area contributed by atoms with Crippen LogP contribution in [0.5, 0.6) is 0 Å². The summed E-state index contributed by atoms with van der Waals surface area (Å²) in [5.74, 6) is -0.0145. The number of ketones is 1. The van der Waals surface area contributed by atoms with Crippen LogP contribution in [-0.2, 0) is 9.59 Å². The number of aldehydes is 1. The van der Waals surface area contributed by atoms with E-state index in [-0.39, 0.29) is 5.78 Å². The average molecular weight is 207 g/mol. The number of hydrogen-bond donors (Lipinski definition) is 0. The van der Waals surface area contributed by atoms with Crippen molar-refractivity contribution < 1.29 is 9.59 Å². The average Bonchev–Trinajstić information content (AvgIpc) is 1.89. The number of rotatable bonds is 4. The highest BCUT2D eigenvalue weighted by Crippen LogP contribution is 2.14. The minimum absolute atomic E-state index is 0.0145. The summed E-state index contributed by atoms with van der Waals surface area (Å²) in [6.45, 7) is 3.26. The molecule has 0 amide bonds. The molecule has 0 aliphatic carbocycles. The minimum Gasteiger partial charge on any atom is -0.302 e. The van der Waals surface area contributed by atoms with Gasteiger partial charge >= 0.3 is 0 Å². The fourth-order valence-electron chi connectivity index (χ4n) is 0.474. The first kappa shape index (κ1) is 9.82. The van der Waals surface area contributed by atoms with Crippen LogP contribution in [0.3, 0.4) is 0 Å². The largest absolute Gasteiger partial charge is 0.302 e. The van der Waals surface area contributed by atoms with Crippen molar-refractivity contribution >= 4 is 28.0 Å². The Morgan fingerprint density at radius 2 is 2.10 bits per heavy atom. The standard InChI is InChI=1S/C7H11BrO2/c1-7(2,5-9)6(10)3-4-8/h5H,3-4H2,1-2H3. The normalized spacial score (nSPS) is 11.1. The number of carbonyl (C=O) groups is 2. The van der Waals surface area contributed by atoms with Crippen LogP contribution in [0, 0.1) is 5.41 Å². The molecular formula is C7H11BrO2. The third-order valence-electron chi connectivity index (χ3n) is 1.33. The lowest BCUT2D eigenvalue weighted by Gasteiger charge is -2.13. The molecule has 0 aromatic heterocycles. The van der Waals surface area contributed by atoms with Crippen molar-refractivity contribution in [3.8, 4) is 0 Å². The maximum atomic E-state index is 11.0. The number of Topliss-reactive ketones (excluding diaryl/α,β-unsaturated/α-hetero) is 1. The molecular weight excluding hydrogens is 196 g/mol. The van der Waals surface area contributed by atoms with Crippen LogP contribution in [-0.4, -0.2) is 17.4 Å². The smallest absolute Gasteiger partial charge is 0.146 e. The highest BCUT2D eigenvalue weighted by molar-refractivity contribution is 9.09. The van der Waals surface area contributed by atoms with E-state index in [1.165, 1.54) is 0 Å². The number of halogens is 1. The van der Waals surface area contributed by atoms with E-state index >= 15 is 0 Å². The molecule has 0 saturated heterocycles. The van der Waals surface area contributed by atoms with E-state index in [1.54, 1.807) is 13.8 Å².